The van der Waals surface area contributed by atoms with Crippen molar-refractivity contribution < 1.29 is 0 Å². The molecule has 0 spiro atoms. The van der Waals surface area contributed by atoms with Gasteiger partial charge in [0.1, 0.15) is 6.04 Å². The number of benzene rings is 1. The molecule has 2 heterocycles. The van der Waals surface area contributed by atoms with Crippen LogP contribution in [0, 0.1) is 6.92 Å². The van der Waals surface area contributed by atoms with Gasteiger partial charge in [0, 0.05) is 15.8 Å². The zero-order chi connectivity index (χ0) is 11.8. The molecule has 1 aliphatic rings. The van der Waals surface area contributed by atoms with Crippen LogP contribution in [-0.2, 0) is 0 Å². The lowest BCUT2D eigenvalue weighted by atomic mass is 10.1. The fourth-order valence-corrected chi connectivity index (χ4v) is 3.60. The number of thiophene rings is 1. The van der Waals surface area contributed by atoms with Crippen molar-refractivity contribution in [2.24, 2.45) is 4.99 Å². The van der Waals surface area contributed by atoms with E-state index in [4.69, 9.17) is 11.6 Å². The second-order valence-electron chi connectivity index (χ2n) is 3.96. The molecule has 1 aromatic carbocycles. The second-order valence-corrected chi connectivity index (χ2v) is 5.48. The van der Waals surface area contributed by atoms with Crippen LogP contribution in [0.2, 0.25) is 0 Å². The topological polar surface area (TPSA) is 24.4 Å². The zero-order valence-electron chi connectivity index (χ0n) is 9.68. The largest absolute Gasteiger partial charge is 0.352 e. The van der Waals surface area contributed by atoms with Crippen LogP contribution in [0.5, 0.6) is 0 Å². The summed E-state index contributed by atoms with van der Waals surface area (Å²) in [7, 11) is 0. The van der Waals surface area contributed by atoms with Gasteiger partial charge in [-0.3, -0.25) is 4.99 Å². The summed E-state index contributed by atoms with van der Waals surface area (Å²) in [5, 5.41) is 4.94. The molecule has 1 atom stereocenters. The van der Waals surface area contributed by atoms with E-state index >= 15 is 0 Å². The van der Waals surface area contributed by atoms with E-state index in [1.807, 2.05) is 0 Å². The van der Waals surface area contributed by atoms with E-state index in [0.717, 1.165) is 5.03 Å². The number of aryl methyl sites for hydroxylation is 1. The summed E-state index contributed by atoms with van der Waals surface area (Å²) in [6, 6.07) is 8.36. The number of rotatable bonds is 1. The molecule has 18 heavy (non-hydrogen) atoms. The third kappa shape index (κ3) is 2.14. The van der Waals surface area contributed by atoms with Gasteiger partial charge in [-0.05, 0) is 23.9 Å². The van der Waals surface area contributed by atoms with Crippen LogP contribution in [0.15, 0.2) is 40.5 Å². The lowest BCUT2D eigenvalue weighted by Crippen LogP contribution is -2.11. The van der Waals surface area contributed by atoms with Crippen molar-refractivity contribution in [3.8, 4) is 0 Å². The van der Waals surface area contributed by atoms with Crippen molar-refractivity contribution in [1.82, 2.24) is 5.32 Å². The van der Waals surface area contributed by atoms with Crippen LogP contribution in [0.4, 0.5) is 0 Å². The van der Waals surface area contributed by atoms with Gasteiger partial charge in [-0.15, -0.1) is 23.7 Å². The van der Waals surface area contributed by atoms with Gasteiger partial charge >= 0.3 is 0 Å². The van der Waals surface area contributed by atoms with Crippen LogP contribution >= 0.6 is 35.3 Å². The minimum absolute atomic E-state index is 0. The first-order valence-corrected chi connectivity index (χ1v) is 6.58. The Morgan fingerprint density at radius 2 is 2.11 bits per heavy atom. The highest BCUT2D eigenvalue weighted by atomic mass is 35.5. The Labute approximate surface area is 121 Å². The number of hydrogen-bond acceptors (Lipinski definition) is 3. The zero-order valence-corrected chi connectivity index (χ0v) is 12.1. The molecule has 0 saturated carbocycles. The summed E-state index contributed by atoms with van der Waals surface area (Å²) in [5.41, 5.74) is 1.28. The number of aliphatic imine (C=N–C) groups is 1. The summed E-state index contributed by atoms with van der Waals surface area (Å²) >= 11 is 7.98. The Morgan fingerprint density at radius 3 is 2.83 bits per heavy atom. The van der Waals surface area contributed by atoms with Crippen LogP contribution in [-0.4, -0.2) is 6.34 Å². The molecule has 0 amide bonds. The van der Waals surface area contributed by atoms with Crippen molar-refractivity contribution in [2.75, 3.05) is 0 Å². The van der Waals surface area contributed by atoms with Crippen molar-refractivity contribution in [3.05, 3.63) is 45.9 Å². The molecule has 2 nitrogen and oxygen atoms in total. The maximum absolute atomic E-state index is 6.21. The molecule has 2 aromatic rings. The quantitative estimate of drug-likeness (QED) is 0.830. The highest BCUT2D eigenvalue weighted by Gasteiger charge is 2.21. The van der Waals surface area contributed by atoms with E-state index in [2.05, 4.69) is 41.5 Å². The molecule has 0 radical (unpaired) electrons. The highest BCUT2D eigenvalue weighted by molar-refractivity contribution is 7.19. The molecule has 0 fully saturated rings. The number of nitrogens with zero attached hydrogens (tertiary/aromatic N) is 1. The van der Waals surface area contributed by atoms with E-state index in [1.54, 1.807) is 23.9 Å². The van der Waals surface area contributed by atoms with E-state index in [-0.39, 0.29) is 18.4 Å². The van der Waals surface area contributed by atoms with Gasteiger partial charge in [-0.25, -0.2) is 0 Å². The standard InChI is InChI=1S/C13H11ClN2S.ClH/c1-8-9-4-2-3-5-11(9)17-13(8)12-10(14)6-15-7-16-12;/h2-7,12H,1H3,(H,15,16);1H. The third-order valence-electron chi connectivity index (χ3n) is 2.91. The molecule has 1 aromatic heterocycles. The van der Waals surface area contributed by atoms with Gasteiger partial charge in [0.25, 0.3) is 0 Å². The summed E-state index contributed by atoms with van der Waals surface area (Å²) in [4.78, 5) is 5.64. The Kier molecular flexibility index (Phi) is 3.95. The molecule has 0 aliphatic carbocycles. The predicted octanol–water partition coefficient (Wildman–Crippen LogP) is 4.38. The summed E-state index contributed by atoms with van der Waals surface area (Å²) in [6.07, 6.45) is 3.49. The smallest absolute Gasteiger partial charge is 0.123 e. The fourth-order valence-electron chi connectivity index (χ4n) is 2.03. The first-order valence-electron chi connectivity index (χ1n) is 5.38. The monoisotopic (exact) mass is 298 g/mol. The molecular weight excluding hydrogens is 287 g/mol. The van der Waals surface area contributed by atoms with Crippen molar-refractivity contribution in [3.63, 3.8) is 0 Å². The van der Waals surface area contributed by atoms with Gasteiger partial charge in [0.15, 0.2) is 0 Å². The Bertz CT molecular complexity index is 631. The molecule has 1 aliphatic heterocycles. The summed E-state index contributed by atoms with van der Waals surface area (Å²) < 4.78 is 1.29. The van der Waals surface area contributed by atoms with Gasteiger partial charge in [0.05, 0.1) is 11.4 Å². The molecule has 1 unspecified atom stereocenters. The first-order chi connectivity index (χ1) is 8.27. The van der Waals surface area contributed by atoms with Crippen molar-refractivity contribution in [2.45, 2.75) is 13.0 Å². The molecule has 5 heteroatoms. The van der Waals surface area contributed by atoms with Crippen LogP contribution < -0.4 is 5.32 Å². The minimum atomic E-state index is -0.0460. The predicted molar refractivity (Wildman–Crippen MR) is 82.1 cm³/mol. The number of halogens is 2. The fraction of sp³-hybridized carbons (Fsp3) is 0.154. The van der Waals surface area contributed by atoms with E-state index in [9.17, 15) is 0 Å². The van der Waals surface area contributed by atoms with Crippen LogP contribution in [0.25, 0.3) is 10.1 Å². The molecular formula is C13H12Cl2N2S. The minimum Gasteiger partial charge on any atom is -0.352 e. The average molecular weight is 299 g/mol. The molecule has 1 N–H and O–H groups in total. The number of fused-ring (bicyclic) bond motifs is 1. The van der Waals surface area contributed by atoms with Crippen molar-refractivity contribution >= 4 is 51.8 Å². The highest BCUT2D eigenvalue weighted by Crippen LogP contribution is 2.40. The third-order valence-corrected chi connectivity index (χ3v) is 4.55. The number of nitrogens with one attached hydrogen (secondary N) is 1. The Morgan fingerprint density at radius 1 is 1.33 bits per heavy atom. The van der Waals surface area contributed by atoms with Gasteiger partial charge in [-0.2, -0.15) is 0 Å². The van der Waals surface area contributed by atoms with E-state index < -0.39 is 0 Å². The van der Waals surface area contributed by atoms with Gasteiger partial charge in [0.2, 0.25) is 0 Å². The average Bonchev–Trinajstić information content (AvgIpc) is 2.68. The SMILES string of the molecule is Cc1c(C2N=CNC=C2Cl)sc2ccccc12.Cl. The molecule has 0 bridgehead atoms. The van der Waals surface area contributed by atoms with Gasteiger partial charge < -0.3 is 5.32 Å². The van der Waals surface area contributed by atoms with Crippen LogP contribution in [0.1, 0.15) is 16.5 Å². The molecule has 3 rings (SSSR count). The second kappa shape index (κ2) is 5.31. The molecule has 0 saturated heterocycles. The maximum atomic E-state index is 6.21. The van der Waals surface area contributed by atoms with E-state index in [0.29, 0.717) is 0 Å². The van der Waals surface area contributed by atoms with Crippen molar-refractivity contribution in [1.29, 1.82) is 0 Å². The lowest BCUT2D eigenvalue weighted by molar-refractivity contribution is 0.879. The van der Waals surface area contributed by atoms with E-state index in [1.165, 1.54) is 20.5 Å². The normalized spacial score (nSPS) is 18.1. The molecule has 94 valence electrons. The van der Waals surface area contributed by atoms with Crippen LogP contribution in [0.3, 0.4) is 0 Å². The van der Waals surface area contributed by atoms with Gasteiger partial charge in [-0.1, -0.05) is 29.8 Å². The Hall–Kier alpha value is -1.03. The maximum Gasteiger partial charge on any atom is 0.123 e. The summed E-state index contributed by atoms with van der Waals surface area (Å²) in [5.74, 6) is 0. The summed E-state index contributed by atoms with van der Waals surface area (Å²) in [6.45, 7) is 2.13. The first kappa shape index (κ1) is 13.4. The lowest BCUT2D eigenvalue weighted by Gasteiger charge is -2.14. The number of hydrogen-bond donors (Lipinski definition) is 1. The Balaban J connectivity index is 0.00000120.